The maximum absolute atomic E-state index is 13.9. The summed E-state index contributed by atoms with van der Waals surface area (Å²) < 4.78 is 13.9. The van der Waals surface area contributed by atoms with Crippen LogP contribution in [0.1, 0.15) is 32.3 Å². The van der Waals surface area contributed by atoms with Gasteiger partial charge in [0.05, 0.1) is 5.02 Å². The lowest BCUT2D eigenvalue weighted by Crippen LogP contribution is -2.45. The first-order valence-corrected chi connectivity index (χ1v) is 5.50. The van der Waals surface area contributed by atoms with Crippen LogP contribution in [0.2, 0.25) is 5.02 Å². The number of nitrogens with two attached hydrogens (primary N) is 1. The molecule has 15 heavy (non-hydrogen) atoms. The maximum atomic E-state index is 13.9. The average molecular weight is 228 g/mol. The summed E-state index contributed by atoms with van der Waals surface area (Å²) in [4.78, 5) is 0. The van der Waals surface area contributed by atoms with E-state index in [-0.39, 0.29) is 16.3 Å². The Balaban J connectivity index is 2.51. The minimum Gasteiger partial charge on any atom is -0.325 e. The molecule has 2 N–H and O–H groups in total. The molecule has 0 spiro atoms. The minimum atomic E-state index is -0.404. The van der Waals surface area contributed by atoms with Gasteiger partial charge >= 0.3 is 0 Å². The molecule has 1 aromatic carbocycles. The van der Waals surface area contributed by atoms with Crippen molar-refractivity contribution in [2.45, 2.75) is 37.6 Å². The minimum absolute atomic E-state index is 0.183. The van der Waals surface area contributed by atoms with Crippen molar-refractivity contribution < 1.29 is 4.39 Å². The van der Waals surface area contributed by atoms with E-state index in [1.807, 2.05) is 13.8 Å². The Hall–Kier alpha value is -0.600. The van der Waals surface area contributed by atoms with Gasteiger partial charge in [-0.2, -0.15) is 0 Å². The predicted octanol–water partition coefficient (Wildman–Crippen LogP) is 3.25. The maximum Gasteiger partial charge on any atom is 0.145 e. The third-order valence-electron chi connectivity index (χ3n) is 3.45. The quantitative estimate of drug-likeness (QED) is 0.825. The van der Waals surface area contributed by atoms with Crippen molar-refractivity contribution >= 4 is 11.6 Å². The molecule has 1 nitrogen and oxygen atoms in total. The molecule has 0 radical (unpaired) electrons. The fourth-order valence-electron chi connectivity index (χ4n) is 2.26. The van der Waals surface area contributed by atoms with Crippen molar-refractivity contribution in [3.8, 4) is 0 Å². The van der Waals surface area contributed by atoms with Gasteiger partial charge in [-0.15, -0.1) is 0 Å². The first-order chi connectivity index (χ1) is 6.88. The highest BCUT2D eigenvalue weighted by Crippen LogP contribution is 2.55. The fraction of sp³-hybridized carbons (Fsp3) is 0.500. The van der Waals surface area contributed by atoms with Crippen molar-refractivity contribution in [1.82, 2.24) is 0 Å². The van der Waals surface area contributed by atoms with Crippen LogP contribution < -0.4 is 5.73 Å². The van der Waals surface area contributed by atoms with Crippen LogP contribution in [0.4, 0.5) is 4.39 Å². The van der Waals surface area contributed by atoms with Gasteiger partial charge in [0.15, 0.2) is 0 Å². The Morgan fingerprint density at radius 3 is 2.47 bits per heavy atom. The zero-order valence-electron chi connectivity index (χ0n) is 8.98. The third kappa shape index (κ3) is 1.56. The monoisotopic (exact) mass is 227 g/mol. The normalized spacial score (nSPS) is 19.0. The molecule has 1 aromatic rings. The molecule has 3 heteroatoms. The third-order valence-corrected chi connectivity index (χ3v) is 3.74. The highest BCUT2D eigenvalue weighted by atomic mass is 35.5. The van der Waals surface area contributed by atoms with Gasteiger partial charge in [-0.05, 0) is 38.3 Å². The molecule has 0 amide bonds. The smallest absolute Gasteiger partial charge is 0.145 e. The lowest BCUT2D eigenvalue weighted by atomic mass is 9.79. The molecule has 2 rings (SSSR count). The van der Waals surface area contributed by atoms with E-state index in [9.17, 15) is 4.39 Å². The molecule has 0 aromatic heterocycles. The van der Waals surface area contributed by atoms with Crippen LogP contribution in [-0.2, 0) is 5.41 Å². The largest absolute Gasteiger partial charge is 0.325 e. The number of halogens is 2. The lowest BCUT2D eigenvalue weighted by Gasteiger charge is -2.31. The molecule has 0 bridgehead atoms. The Labute approximate surface area is 94.4 Å². The first kappa shape index (κ1) is 10.9. The Morgan fingerprint density at radius 2 is 2.00 bits per heavy atom. The Kier molecular flexibility index (Phi) is 2.32. The van der Waals surface area contributed by atoms with E-state index in [1.165, 1.54) is 0 Å². The van der Waals surface area contributed by atoms with Crippen LogP contribution in [0, 0.1) is 5.82 Å². The molecule has 1 saturated carbocycles. The summed E-state index contributed by atoms with van der Waals surface area (Å²) in [7, 11) is 0. The predicted molar refractivity (Wildman–Crippen MR) is 60.6 cm³/mol. The van der Waals surface area contributed by atoms with Gasteiger partial charge in [0.2, 0.25) is 0 Å². The highest BCUT2D eigenvalue weighted by molar-refractivity contribution is 6.30. The van der Waals surface area contributed by atoms with Gasteiger partial charge < -0.3 is 5.73 Å². The van der Waals surface area contributed by atoms with Crippen LogP contribution in [-0.4, -0.2) is 5.54 Å². The number of hydrogen-bond acceptors (Lipinski definition) is 1. The molecular formula is C12H15ClFN. The Morgan fingerprint density at radius 1 is 1.40 bits per heavy atom. The molecule has 82 valence electrons. The molecule has 1 aliphatic carbocycles. The number of rotatable bonds is 2. The van der Waals surface area contributed by atoms with Crippen molar-refractivity contribution in [1.29, 1.82) is 0 Å². The molecule has 1 aliphatic rings. The zero-order chi connectivity index (χ0) is 11.3. The molecule has 1 fully saturated rings. The summed E-state index contributed by atoms with van der Waals surface area (Å²) in [5, 5.41) is 0.183. The molecule has 0 unspecified atom stereocenters. The van der Waals surface area contributed by atoms with E-state index in [0.29, 0.717) is 5.56 Å². The van der Waals surface area contributed by atoms with Gasteiger partial charge in [0.1, 0.15) is 5.82 Å². The summed E-state index contributed by atoms with van der Waals surface area (Å²) in [5.41, 5.74) is 6.16. The van der Waals surface area contributed by atoms with Crippen LogP contribution in [0.5, 0.6) is 0 Å². The fourth-order valence-corrected chi connectivity index (χ4v) is 2.43. The summed E-state index contributed by atoms with van der Waals surface area (Å²) in [6.07, 6.45) is 1.88. The summed E-state index contributed by atoms with van der Waals surface area (Å²) in [5.74, 6) is -0.310. The molecule has 0 atom stereocenters. The van der Waals surface area contributed by atoms with E-state index < -0.39 is 5.54 Å². The van der Waals surface area contributed by atoms with Crippen molar-refractivity contribution in [3.05, 3.63) is 34.6 Å². The van der Waals surface area contributed by atoms with Gasteiger partial charge in [-0.3, -0.25) is 0 Å². The van der Waals surface area contributed by atoms with Crippen LogP contribution >= 0.6 is 11.6 Å². The average Bonchev–Trinajstić information content (AvgIpc) is 2.89. The van der Waals surface area contributed by atoms with Crippen molar-refractivity contribution in [2.24, 2.45) is 5.73 Å². The molecule has 0 heterocycles. The summed E-state index contributed by atoms with van der Waals surface area (Å²) in [6, 6.07) is 5.15. The topological polar surface area (TPSA) is 26.0 Å². The summed E-state index contributed by atoms with van der Waals surface area (Å²) in [6.45, 7) is 3.89. The van der Waals surface area contributed by atoms with Gasteiger partial charge in [-0.25, -0.2) is 4.39 Å². The Bertz CT molecular complexity index is 391. The van der Waals surface area contributed by atoms with Crippen molar-refractivity contribution in [2.75, 3.05) is 0 Å². The highest BCUT2D eigenvalue weighted by Gasteiger charge is 2.55. The van der Waals surface area contributed by atoms with E-state index >= 15 is 0 Å². The molecule has 0 saturated heterocycles. The second-order valence-electron chi connectivity index (χ2n) is 4.91. The van der Waals surface area contributed by atoms with Crippen LogP contribution in [0.15, 0.2) is 18.2 Å². The van der Waals surface area contributed by atoms with E-state index in [0.717, 1.165) is 12.8 Å². The van der Waals surface area contributed by atoms with Crippen LogP contribution in [0.25, 0.3) is 0 Å². The SMILES string of the molecule is CC(C)(N)C1(c2cccc(Cl)c2F)CC1. The number of hydrogen-bond donors (Lipinski definition) is 1. The second kappa shape index (κ2) is 3.19. The van der Waals surface area contributed by atoms with E-state index in [4.69, 9.17) is 17.3 Å². The van der Waals surface area contributed by atoms with E-state index in [1.54, 1.807) is 18.2 Å². The van der Waals surface area contributed by atoms with Gasteiger partial charge in [-0.1, -0.05) is 23.7 Å². The van der Waals surface area contributed by atoms with Gasteiger partial charge in [0.25, 0.3) is 0 Å². The number of benzene rings is 1. The molecule has 0 aliphatic heterocycles. The van der Waals surface area contributed by atoms with Crippen LogP contribution in [0.3, 0.4) is 0 Å². The van der Waals surface area contributed by atoms with Gasteiger partial charge in [0, 0.05) is 11.0 Å². The second-order valence-corrected chi connectivity index (χ2v) is 5.31. The summed E-state index contributed by atoms with van der Waals surface area (Å²) >= 11 is 5.78. The van der Waals surface area contributed by atoms with Crippen molar-refractivity contribution in [3.63, 3.8) is 0 Å². The zero-order valence-corrected chi connectivity index (χ0v) is 9.74. The first-order valence-electron chi connectivity index (χ1n) is 5.12. The lowest BCUT2D eigenvalue weighted by molar-refractivity contribution is 0.379. The van der Waals surface area contributed by atoms with E-state index in [2.05, 4.69) is 0 Å². The molecular weight excluding hydrogens is 213 g/mol. The standard InChI is InChI=1S/C12H15ClFN/c1-11(2,15)12(6-7-12)8-4-3-5-9(13)10(8)14/h3-5H,6-7,15H2,1-2H3.